The van der Waals surface area contributed by atoms with Crippen molar-refractivity contribution in [1.82, 2.24) is 4.98 Å². The van der Waals surface area contributed by atoms with E-state index in [-0.39, 0.29) is 11.3 Å². The van der Waals surface area contributed by atoms with E-state index in [1.165, 1.54) is 6.42 Å². The van der Waals surface area contributed by atoms with Crippen LogP contribution in [0.25, 0.3) is 0 Å². The first-order valence-corrected chi connectivity index (χ1v) is 6.57. The van der Waals surface area contributed by atoms with Crippen molar-refractivity contribution < 1.29 is 9.90 Å². The number of carboxylic acid groups (broad SMARTS) is 1. The minimum Gasteiger partial charge on any atom is -0.478 e. The van der Waals surface area contributed by atoms with E-state index >= 15 is 0 Å². The molecule has 1 N–H and O–H groups in total. The van der Waals surface area contributed by atoms with Crippen LogP contribution in [0.3, 0.4) is 0 Å². The van der Waals surface area contributed by atoms with E-state index in [0.717, 1.165) is 18.5 Å². The minimum absolute atomic E-state index is 0.273. The van der Waals surface area contributed by atoms with Gasteiger partial charge in [0.1, 0.15) is 0 Å². The highest BCUT2D eigenvalue weighted by Crippen LogP contribution is 2.46. The number of aromatic carboxylic acids is 1. The monoisotopic (exact) mass is 247 g/mol. The highest BCUT2D eigenvalue weighted by atomic mass is 16.4. The lowest BCUT2D eigenvalue weighted by Gasteiger charge is -2.39. The average molecular weight is 247 g/mol. The number of hydrogen-bond donors (Lipinski definition) is 1. The number of aromatic nitrogens is 1. The molecule has 1 aliphatic carbocycles. The van der Waals surface area contributed by atoms with Crippen molar-refractivity contribution in [3.63, 3.8) is 0 Å². The highest BCUT2D eigenvalue weighted by Gasteiger charge is 2.34. The van der Waals surface area contributed by atoms with Crippen LogP contribution in [0.4, 0.5) is 0 Å². The molecule has 0 aromatic carbocycles. The van der Waals surface area contributed by atoms with Crippen LogP contribution in [0, 0.1) is 11.3 Å². The smallest absolute Gasteiger partial charge is 0.337 e. The summed E-state index contributed by atoms with van der Waals surface area (Å²) in [7, 11) is 0. The number of carbonyl (C=O) groups is 1. The van der Waals surface area contributed by atoms with Gasteiger partial charge < -0.3 is 5.11 Å². The van der Waals surface area contributed by atoms with E-state index < -0.39 is 5.97 Å². The molecule has 1 aromatic rings. The Kier molecular flexibility index (Phi) is 3.42. The van der Waals surface area contributed by atoms with Gasteiger partial charge in [-0.1, -0.05) is 20.8 Å². The lowest BCUT2D eigenvalue weighted by molar-refractivity contribution is 0.0691. The fraction of sp³-hybridized carbons (Fsp3) is 0.600. The maximum atomic E-state index is 11.3. The zero-order valence-electron chi connectivity index (χ0n) is 11.3. The summed E-state index contributed by atoms with van der Waals surface area (Å²) in [6, 6.07) is 3.36. The second-order valence-corrected chi connectivity index (χ2v) is 6.35. The van der Waals surface area contributed by atoms with Gasteiger partial charge in [0, 0.05) is 12.1 Å². The molecule has 0 saturated heterocycles. The number of rotatable bonds is 2. The molecule has 0 unspecified atom stereocenters. The Labute approximate surface area is 108 Å². The van der Waals surface area contributed by atoms with Crippen molar-refractivity contribution in [1.29, 1.82) is 0 Å². The zero-order chi connectivity index (χ0) is 13.3. The van der Waals surface area contributed by atoms with Gasteiger partial charge in [-0.05, 0) is 42.7 Å². The quantitative estimate of drug-likeness (QED) is 0.866. The summed E-state index contributed by atoms with van der Waals surface area (Å²) >= 11 is 0. The molecular weight excluding hydrogens is 226 g/mol. The van der Waals surface area contributed by atoms with Gasteiger partial charge in [0.25, 0.3) is 0 Å². The Bertz CT molecular complexity index is 454. The van der Waals surface area contributed by atoms with E-state index in [1.807, 2.05) is 0 Å². The van der Waals surface area contributed by atoms with Crippen molar-refractivity contribution >= 4 is 5.97 Å². The third-order valence-corrected chi connectivity index (χ3v) is 3.84. The van der Waals surface area contributed by atoms with Gasteiger partial charge in [0.05, 0.1) is 11.3 Å². The van der Waals surface area contributed by atoms with Crippen molar-refractivity contribution in [2.45, 2.75) is 46.0 Å². The van der Waals surface area contributed by atoms with Gasteiger partial charge in [-0.25, -0.2) is 4.79 Å². The van der Waals surface area contributed by atoms with E-state index in [2.05, 4.69) is 25.8 Å². The third kappa shape index (κ3) is 2.71. The number of hydrogen-bond acceptors (Lipinski definition) is 2. The molecule has 0 spiro atoms. The van der Waals surface area contributed by atoms with Crippen LogP contribution in [-0.2, 0) is 0 Å². The molecule has 1 heterocycles. The zero-order valence-corrected chi connectivity index (χ0v) is 11.3. The van der Waals surface area contributed by atoms with Gasteiger partial charge in [-0.3, -0.25) is 4.98 Å². The molecule has 2 rings (SSSR count). The van der Waals surface area contributed by atoms with Crippen LogP contribution in [0.5, 0.6) is 0 Å². The normalized spacial score (nSPS) is 26.8. The van der Waals surface area contributed by atoms with Gasteiger partial charge in [0.2, 0.25) is 0 Å². The summed E-state index contributed by atoms with van der Waals surface area (Å²) in [4.78, 5) is 15.6. The number of nitrogens with zero attached hydrogens (tertiary/aromatic N) is 1. The largest absolute Gasteiger partial charge is 0.478 e. The Morgan fingerprint density at radius 2 is 2.17 bits per heavy atom. The summed E-state index contributed by atoms with van der Waals surface area (Å²) in [5.41, 5.74) is 1.41. The second kappa shape index (κ2) is 4.71. The van der Waals surface area contributed by atoms with Crippen LogP contribution in [-0.4, -0.2) is 16.1 Å². The number of pyridine rings is 1. The van der Waals surface area contributed by atoms with E-state index in [9.17, 15) is 9.90 Å². The molecule has 98 valence electrons. The fourth-order valence-corrected chi connectivity index (χ4v) is 3.48. The fourth-order valence-electron chi connectivity index (χ4n) is 3.48. The Balaban J connectivity index is 2.34. The lowest BCUT2D eigenvalue weighted by Crippen LogP contribution is -2.27. The summed E-state index contributed by atoms with van der Waals surface area (Å²) in [6.45, 7) is 6.77. The molecule has 3 heteroatoms. The minimum atomic E-state index is -0.867. The first-order valence-electron chi connectivity index (χ1n) is 6.57. The van der Waals surface area contributed by atoms with Gasteiger partial charge in [-0.2, -0.15) is 0 Å². The molecule has 18 heavy (non-hydrogen) atoms. The van der Waals surface area contributed by atoms with Crippen LogP contribution < -0.4 is 0 Å². The van der Waals surface area contributed by atoms with E-state index in [4.69, 9.17) is 0 Å². The van der Waals surface area contributed by atoms with Gasteiger partial charge >= 0.3 is 5.97 Å². The molecule has 1 fully saturated rings. The van der Waals surface area contributed by atoms with E-state index in [0.29, 0.717) is 11.5 Å². The molecule has 0 aliphatic heterocycles. The summed E-state index contributed by atoms with van der Waals surface area (Å²) in [5, 5.41) is 9.25. The van der Waals surface area contributed by atoms with Crippen molar-refractivity contribution in [3.05, 3.63) is 29.6 Å². The summed E-state index contributed by atoms with van der Waals surface area (Å²) in [5.74, 6) is 0.0348. The van der Waals surface area contributed by atoms with Crippen LogP contribution in [0.15, 0.2) is 18.3 Å². The molecule has 0 radical (unpaired) electrons. The standard InChI is InChI=1S/C15H21NO2/c1-10-7-11(9-15(2,3)8-10)13-12(14(17)18)5-4-6-16-13/h4-6,10-11H,7-9H2,1-3H3,(H,17,18)/t10-,11-/m0/s1. The molecule has 0 amide bonds. The van der Waals surface area contributed by atoms with Gasteiger partial charge in [-0.15, -0.1) is 0 Å². The topological polar surface area (TPSA) is 50.2 Å². The average Bonchev–Trinajstić information content (AvgIpc) is 2.26. The molecule has 0 bridgehead atoms. The second-order valence-electron chi connectivity index (χ2n) is 6.35. The summed E-state index contributed by atoms with van der Waals surface area (Å²) in [6.07, 6.45) is 4.97. The van der Waals surface area contributed by atoms with Gasteiger partial charge in [0.15, 0.2) is 0 Å². The third-order valence-electron chi connectivity index (χ3n) is 3.84. The maximum absolute atomic E-state index is 11.3. The van der Waals surface area contributed by atoms with Crippen molar-refractivity contribution in [2.75, 3.05) is 0 Å². The lowest BCUT2D eigenvalue weighted by atomic mass is 9.67. The molecular formula is C15H21NO2. The number of carboxylic acids is 1. The Morgan fingerprint density at radius 1 is 1.44 bits per heavy atom. The SMILES string of the molecule is C[C@H]1C[C@H](c2ncccc2C(=O)O)CC(C)(C)C1. The Morgan fingerprint density at radius 3 is 2.78 bits per heavy atom. The molecule has 1 saturated carbocycles. The molecule has 2 atom stereocenters. The van der Waals surface area contributed by atoms with Crippen molar-refractivity contribution in [2.24, 2.45) is 11.3 Å². The predicted octanol–water partition coefficient (Wildman–Crippen LogP) is 3.71. The highest BCUT2D eigenvalue weighted by molar-refractivity contribution is 5.89. The van der Waals surface area contributed by atoms with Crippen LogP contribution in [0.1, 0.15) is 62.0 Å². The van der Waals surface area contributed by atoms with E-state index in [1.54, 1.807) is 18.3 Å². The summed E-state index contributed by atoms with van der Waals surface area (Å²) < 4.78 is 0. The van der Waals surface area contributed by atoms with Crippen LogP contribution >= 0.6 is 0 Å². The van der Waals surface area contributed by atoms with Crippen molar-refractivity contribution in [3.8, 4) is 0 Å². The maximum Gasteiger partial charge on any atom is 0.337 e. The predicted molar refractivity (Wildman–Crippen MR) is 70.7 cm³/mol. The molecule has 1 aromatic heterocycles. The molecule has 3 nitrogen and oxygen atoms in total. The first-order chi connectivity index (χ1) is 8.39. The molecule has 1 aliphatic rings. The first kappa shape index (κ1) is 13.1. The van der Waals surface area contributed by atoms with Crippen LogP contribution in [0.2, 0.25) is 0 Å². The Hall–Kier alpha value is -1.38.